The Morgan fingerprint density at radius 2 is 2.09 bits per heavy atom. The fourth-order valence-electron chi connectivity index (χ4n) is 1.54. The molecule has 6 nitrogen and oxygen atoms in total. The number of nitrogens with zero attached hydrogens (tertiary/aromatic N) is 2. The van der Waals surface area contributed by atoms with Crippen molar-refractivity contribution < 1.29 is 14.4 Å². The van der Waals surface area contributed by atoms with Crippen LogP contribution in [-0.4, -0.2) is 22.9 Å². The number of carbonyl (C=O) groups excluding carboxylic acids is 1. The Bertz CT molecular complexity index is 723. The molecule has 0 radical (unpaired) electrons. The van der Waals surface area contributed by atoms with Crippen LogP contribution in [0.3, 0.4) is 0 Å². The van der Waals surface area contributed by atoms with Crippen LogP contribution in [0.2, 0.25) is 10.0 Å². The van der Waals surface area contributed by atoms with Crippen LogP contribution in [-0.2, 0) is 9.63 Å². The molecule has 0 unspecified atom stereocenters. The molecule has 0 saturated heterocycles. The third-order valence-electron chi connectivity index (χ3n) is 2.69. The maximum atomic E-state index is 11.9. The number of amidine groups is 1. The van der Waals surface area contributed by atoms with E-state index in [0.29, 0.717) is 16.5 Å². The smallest absolute Gasteiger partial charge is 0.374 e. The monoisotopic (exact) mass is 353 g/mol. The fourth-order valence-corrected chi connectivity index (χ4v) is 1.99. The van der Waals surface area contributed by atoms with Crippen molar-refractivity contribution in [2.45, 2.75) is 13.0 Å². The van der Waals surface area contributed by atoms with Gasteiger partial charge in [-0.15, -0.1) is 0 Å². The molecule has 0 aliphatic rings. The number of benzene rings is 1. The molecule has 0 aliphatic carbocycles. The van der Waals surface area contributed by atoms with Gasteiger partial charge in [0, 0.05) is 11.2 Å². The zero-order valence-corrected chi connectivity index (χ0v) is 13.6. The van der Waals surface area contributed by atoms with Crippen LogP contribution in [0.25, 0.3) is 0 Å². The molecule has 0 spiro atoms. The molecule has 0 aliphatic heterocycles. The first-order chi connectivity index (χ1) is 11.0. The average Bonchev–Trinajstić information content (AvgIpc) is 2.55. The minimum atomic E-state index is -0.936. The molecule has 1 heterocycles. The number of halogens is 2. The van der Waals surface area contributed by atoms with Crippen LogP contribution in [0, 0.1) is 0 Å². The number of pyridine rings is 1. The van der Waals surface area contributed by atoms with Gasteiger partial charge < -0.3 is 15.3 Å². The molecule has 8 heteroatoms. The van der Waals surface area contributed by atoms with E-state index in [2.05, 4.69) is 10.1 Å². The Hall–Kier alpha value is -2.31. The summed E-state index contributed by atoms with van der Waals surface area (Å²) >= 11 is 11.8. The van der Waals surface area contributed by atoms with E-state index in [1.54, 1.807) is 36.5 Å². The number of oxime groups is 1. The highest BCUT2D eigenvalue weighted by Gasteiger charge is 2.18. The topological polar surface area (TPSA) is 86.8 Å². The molecule has 0 fully saturated rings. The predicted molar refractivity (Wildman–Crippen MR) is 87.6 cm³/mol. The first-order valence-corrected chi connectivity index (χ1v) is 7.30. The van der Waals surface area contributed by atoms with E-state index in [1.807, 2.05) is 0 Å². The summed E-state index contributed by atoms with van der Waals surface area (Å²) in [4.78, 5) is 20.6. The van der Waals surface area contributed by atoms with Crippen molar-refractivity contribution in [1.82, 2.24) is 4.98 Å². The Morgan fingerprint density at radius 1 is 1.30 bits per heavy atom. The van der Waals surface area contributed by atoms with Crippen molar-refractivity contribution >= 4 is 35.0 Å². The Balaban J connectivity index is 1.97. The second-order valence-electron chi connectivity index (χ2n) is 4.44. The van der Waals surface area contributed by atoms with E-state index in [-0.39, 0.29) is 10.9 Å². The minimum Gasteiger partial charge on any atom is -0.477 e. The first kappa shape index (κ1) is 17.1. The van der Waals surface area contributed by atoms with Crippen molar-refractivity contribution in [2.75, 3.05) is 0 Å². The van der Waals surface area contributed by atoms with Crippen molar-refractivity contribution in [3.05, 3.63) is 58.3 Å². The lowest BCUT2D eigenvalue weighted by Gasteiger charge is -2.13. The molecule has 120 valence electrons. The van der Waals surface area contributed by atoms with E-state index in [4.69, 9.17) is 38.5 Å². The quantitative estimate of drug-likeness (QED) is 0.386. The summed E-state index contributed by atoms with van der Waals surface area (Å²) in [6.45, 7) is 1.50. The number of nitrogens with two attached hydrogens (primary N) is 1. The summed E-state index contributed by atoms with van der Waals surface area (Å²) in [5, 5.41) is 4.29. The van der Waals surface area contributed by atoms with Crippen LogP contribution in [0.15, 0.2) is 47.8 Å². The van der Waals surface area contributed by atoms with Gasteiger partial charge in [0.1, 0.15) is 11.4 Å². The lowest BCUT2D eigenvalue weighted by Crippen LogP contribution is -2.26. The van der Waals surface area contributed by atoms with Crippen molar-refractivity contribution in [1.29, 1.82) is 0 Å². The van der Waals surface area contributed by atoms with E-state index >= 15 is 0 Å². The Labute approximate surface area is 142 Å². The number of hydrogen-bond donors (Lipinski definition) is 1. The standard InChI is InChI=1S/C15H13Cl2N3O3/c1-9(22-13-6-5-10(16)8-11(13)17)15(21)23-20-14(18)12-4-2-3-7-19-12/h2-9H,1H3,(H2,18,20)/t9-/m0/s1. The number of carbonyl (C=O) groups is 1. The summed E-state index contributed by atoms with van der Waals surface area (Å²) in [7, 11) is 0. The van der Waals surface area contributed by atoms with Crippen LogP contribution in [0.4, 0.5) is 0 Å². The van der Waals surface area contributed by atoms with Gasteiger partial charge in [-0.1, -0.05) is 34.4 Å². The lowest BCUT2D eigenvalue weighted by molar-refractivity contribution is -0.151. The third kappa shape index (κ3) is 4.84. The molecule has 0 amide bonds. The van der Waals surface area contributed by atoms with Gasteiger partial charge in [0.05, 0.1) is 5.02 Å². The summed E-state index contributed by atoms with van der Waals surface area (Å²) < 4.78 is 5.41. The van der Waals surface area contributed by atoms with E-state index in [1.165, 1.54) is 13.0 Å². The molecule has 2 rings (SSSR count). The molecular formula is C15H13Cl2N3O3. The zero-order chi connectivity index (χ0) is 16.8. The molecule has 23 heavy (non-hydrogen) atoms. The molecule has 2 N–H and O–H groups in total. The second-order valence-corrected chi connectivity index (χ2v) is 5.28. The molecule has 1 atom stereocenters. The third-order valence-corrected chi connectivity index (χ3v) is 3.22. The minimum absolute atomic E-state index is 0.0179. The lowest BCUT2D eigenvalue weighted by atomic mass is 10.3. The zero-order valence-electron chi connectivity index (χ0n) is 12.1. The highest BCUT2D eigenvalue weighted by atomic mass is 35.5. The van der Waals surface area contributed by atoms with E-state index in [9.17, 15) is 4.79 Å². The molecule has 1 aromatic heterocycles. The molecule has 2 aromatic rings. The van der Waals surface area contributed by atoms with Crippen molar-refractivity contribution in [3.8, 4) is 5.75 Å². The van der Waals surface area contributed by atoms with Gasteiger partial charge in [0.25, 0.3) is 0 Å². The van der Waals surface area contributed by atoms with Gasteiger partial charge in [-0.25, -0.2) is 4.79 Å². The first-order valence-electron chi connectivity index (χ1n) is 6.55. The Kier molecular flexibility index (Phi) is 5.78. The van der Waals surface area contributed by atoms with Gasteiger partial charge in [-0.3, -0.25) is 4.98 Å². The van der Waals surface area contributed by atoms with Crippen molar-refractivity contribution in [2.24, 2.45) is 10.9 Å². The van der Waals surface area contributed by atoms with E-state index < -0.39 is 12.1 Å². The van der Waals surface area contributed by atoms with Crippen LogP contribution in [0.1, 0.15) is 12.6 Å². The van der Waals surface area contributed by atoms with Crippen LogP contribution in [0.5, 0.6) is 5.75 Å². The van der Waals surface area contributed by atoms with Gasteiger partial charge in [-0.05, 0) is 37.3 Å². The van der Waals surface area contributed by atoms with E-state index in [0.717, 1.165) is 0 Å². The van der Waals surface area contributed by atoms with Gasteiger partial charge in [0.15, 0.2) is 11.9 Å². The summed E-state index contributed by atoms with van der Waals surface area (Å²) in [5.74, 6) is -0.437. The fraction of sp³-hybridized carbons (Fsp3) is 0.133. The predicted octanol–water partition coefficient (Wildman–Crippen LogP) is 3.02. The molecular weight excluding hydrogens is 341 g/mol. The number of ether oxygens (including phenoxy) is 1. The normalized spacial score (nSPS) is 12.6. The highest BCUT2D eigenvalue weighted by molar-refractivity contribution is 6.35. The SMILES string of the molecule is C[C@H](Oc1ccc(Cl)cc1Cl)C(=O)O/N=C(/N)c1ccccn1. The summed E-state index contributed by atoms with van der Waals surface area (Å²) in [6, 6.07) is 9.77. The molecule has 1 aromatic carbocycles. The number of hydrogen-bond acceptors (Lipinski definition) is 5. The largest absolute Gasteiger partial charge is 0.477 e. The average molecular weight is 354 g/mol. The molecule has 0 bridgehead atoms. The van der Waals surface area contributed by atoms with Gasteiger partial charge in [-0.2, -0.15) is 0 Å². The van der Waals surface area contributed by atoms with Crippen LogP contribution < -0.4 is 10.5 Å². The van der Waals surface area contributed by atoms with Crippen molar-refractivity contribution in [3.63, 3.8) is 0 Å². The number of rotatable bonds is 5. The number of aromatic nitrogens is 1. The summed E-state index contributed by atoms with van der Waals surface area (Å²) in [5.41, 5.74) is 6.07. The van der Waals surface area contributed by atoms with Gasteiger partial charge >= 0.3 is 5.97 Å². The summed E-state index contributed by atoms with van der Waals surface area (Å²) in [6.07, 6.45) is 0.613. The second kappa shape index (κ2) is 7.80. The maximum Gasteiger partial charge on any atom is 0.374 e. The van der Waals surface area contributed by atoms with Gasteiger partial charge in [0.2, 0.25) is 0 Å². The highest BCUT2D eigenvalue weighted by Crippen LogP contribution is 2.28. The maximum absolute atomic E-state index is 11.9. The molecule has 0 saturated carbocycles. The van der Waals surface area contributed by atoms with Crippen LogP contribution >= 0.6 is 23.2 Å². The Morgan fingerprint density at radius 3 is 2.74 bits per heavy atom.